The quantitative estimate of drug-likeness (QED) is 0.168. The molecule has 0 unspecified atom stereocenters. The number of fused-ring (bicyclic) bond motifs is 9. The van der Waals surface area contributed by atoms with Crippen LogP contribution in [0.2, 0.25) is 0 Å². The smallest absolute Gasteiger partial charge is 0.138 e. The Morgan fingerprint density at radius 3 is 1.90 bits per heavy atom. The highest BCUT2D eigenvalue weighted by molar-refractivity contribution is 7.26. The largest absolute Gasteiger partial charge is 0.456 e. The van der Waals surface area contributed by atoms with Crippen LogP contribution < -0.4 is 4.90 Å². The summed E-state index contributed by atoms with van der Waals surface area (Å²) in [5.74, 6) is 0. The number of thiophene rings is 1. The molecule has 0 fully saturated rings. The molecular weight excluding hydrogens is 725 g/mol. The number of aromatic nitrogens is 1. The van der Waals surface area contributed by atoms with Crippen molar-refractivity contribution in [2.75, 3.05) is 4.90 Å². The fourth-order valence-electron chi connectivity index (χ4n) is 9.05. The average Bonchev–Trinajstić information content (AvgIpc) is 3.96. The van der Waals surface area contributed by atoms with Gasteiger partial charge in [-0.15, -0.1) is 11.3 Å². The van der Waals surface area contributed by atoms with Crippen LogP contribution in [0.5, 0.6) is 0 Å². The molecule has 0 spiro atoms. The lowest BCUT2D eigenvalue weighted by Crippen LogP contribution is -2.10. The Bertz CT molecular complexity index is 3500. The van der Waals surface area contributed by atoms with Gasteiger partial charge in [0.25, 0.3) is 0 Å². The SMILES string of the molecule is c1ccc(-c2ccc(N(c3ccccc3)c3cccc(-n4c5ccccc5c5c(-c6cccc7c6sc6ccccc67)c6c(cc54)oc4ccccc46)c3)cc2)cc1. The van der Waals surface area contributed by atoms with E-state index < -0.39 is 0 Å². The average molecular weight is 759 g/mol. The lowest BCUT2D eigenvalue weighted by Gasteiger charge is -2.26. The number of furan rings is 1. The highest BCUT2D eigenvalue weighted by atomic mass is 32.1. The first-order chi connectivity index (χ1) is 28.8. The molecule has 3 nitrogen and oxygen atoms in total. The molecule has 0 bridgehead atoms. The van der Waals surface area contributed by atoms with Gasteiger partial charge in [0, 0.05) is 81.7 Å². The monoisotopic (exact) mass is 758 g/mol. The van der Waals surface area contributed by atoms with Crippen molar-refractivity contribution in [3.63, 3.8) is 0 Å². The van der Waals surface area contributed by atoms with Gasteiger partial charge in [-0.05, 0) is 71.8 Å². The second-order valence-electron chi connectivity index (χ2n) is 14.9. The first kappa shape index (κ1) is 32.8. The summed E-state index contributed by atoms with van der Waals surface area (Å²) in [7, 11) is 0. The zero-order valence-electron chi connectivity index (χ0n) is 31.3. The minimum absolute atomic E-state index is 0.881. The zero-order chi connectivity index (χ0) is 38.2. The van der Waals surface area contributed by atoms with Crippen molar-refractivity contribution < 1.29 is 4.42 Å². The minimum atomic E-state index is 0.881. The van der Waals surface area contributed by atoms with Crippen molar-refractivity contribution in [1.82, 2.24) is 4.57 Å². The Hall–Kier alpha value is -7.40. The van der Waals surface area contributed by atoms with Crippen LogP contribution in [-0.2, 0) is 0 Å². The van der Waals surface area contributed by atoms with Crippen molar-refractivity contribution in [1.29, 1.82) is 0 Å². The maximum absolute atomic E-state index is 6.78. The Labute approximate surface area is 338 Å². The third-order valence-electron chi connectivity index (χ3n) is 11.6. The molecule has 0 aliphatic rings. The van der Waals surface area contributed by atoms with E-state index >= 15 is 0 Å². The number of rotatable bonds is 6. The molecule has 0 aliphatic carbocycles. The Balaban J connectivity index is 1.13. The number of hydrogen-bond acceptors (Lipinski definition) is 3. The van der Waals surface area contributed by atoms with Gasteiger partial charge < -0.3 is 13.9 Å². The lowest BCUT2D eigenvalue weighted by atomic mass is 9.93. The van der Waals surface area contributed by atoms with Crippen LogP contribution in [0.15, 0.2) is 211 Å². The fraction of sp³-hybridized carbons (Fsp3) is 0. The second-order valence-corrected chi connectivity index (χ2v) is 15.9. The van der Waals surface area contributed by atoms with Gasteiger partial charge in [-0.25, -0.2) is 0 Å². The zero-order valence-corrected chi connectivity index (χ0v) is 32.2. The third kappa shape index (κ3) is 5.05. The van der Waals surface area contributed by atoms with Gasteiger partial charge in [0.2, 0.25) is 0 Å². The second kappa shape index (κ2) is 13.1. The molecule has 0 amide bonds. The normalized spacial score (nSPS) is 11.8. The van der Waals surface area contributed by atoms with Crippen LogP contribution in [0.25, 0.3) is 91.9 Å². The Morgan fingerprint density at radius 2 is 1.05 bits per heavy atom. The Kier molecular flexibility index (Phi) is 7.40. The van der Waals surface area contributed by atoms with Crippen molar-refractivity contribution in [3.05, 3.63) is 206 Å². The van der Waals surface area contributed by atoms with Crippen LogP contribution in [0.4, 0.5) is 17.1 Å². The predicted molar refractivity (Wildman–Crippen MR) is 247 cm³/mol. The van der Waals surface area contributed by atoms with Gasteiger partial charge in [0.05, 0.1) is 11.0 Å². The minimum Gasteiger partial charge on any atom is -0.456 e. The molecule has 4 heteroatoms. The summed E-state index contributed by atoms with van der Waals surface area (Å²) in [6.45, 7) is 0. The highest BCUT2D eigenvalue weighted by Gasteiger charge is 2.25. The summed E-state index contributed by atoms with van der Waals surface area (Å²) in [4.78, 5) is 2.34. The van der Waals surface area contributed by atoms with Gasteiger partial charge in [0.15, 0.2) is 0 Å². The van der Waals surface area contributed by atoms with E-state index in [1.165, 1.54) is 53.2 Å². The van der Waals surface area contributed by atoms with E-state index in [9.17, 15) is 0 Å². The topological polar surface area (TPSA) is 21.3 Å². The number of hydrogen-bond donors (Lipinski definition) is 0. The van der Waals surface area contributed by atoms with Crippen LogP contribution in [0.3, 0.4) is 0 Å². The summed E-state index contributed by atoms with van der Waals surface area (Å²) >= 11 is 1.87. The summed E-state index contributed by atoms with van der Waals surface area (Å²) in [6, 6.07) is 74.2. The lowest BCUT2D eigenvalue weighted by molar-refractivity contribution is 0.669. The summed E-state index contributed by atoms with van der Waals surface area (Å²) in [5, 5.41) is 7.29. The molecule has 0 radical (unpaired) electrons. The predicted octanol–water partition coefficient (Wildman–Crippen LogP) is 15.9. The number of benzene rings is 9. The van der Waals surface area contributed by atoms with Crippen LogP contribution in [0.1, 0.15) is 0 Å². The van der Waals surface area contributed by atoms with Gasteiger partial charge >= 0.3 is 0 Å². The van der Waals surface area contributed by atoms with Crippen LogP contribution >= 0.6 is 11.3 Å². The molecule has 0 N–H and O–H groups in total. The summed E-state index contributed by atoms with van der Waals surface area (Å²) in [6.07, 6.45) is 0. The number of para-hydroxylation sites is 3. The van der Waals surface area contributed by atoms with E-state index in [0.717, 1.165) is 55.7 Å². The molecule has 9 aromatic carbocycles. The standard InChI is InChI=1S/C54H34N2OS/c1-3-15-35(16-4-1)36-29-31-38(32-30-36)55(37-17-5-2-6-18-37)39-19-13-20-40(33-39)56-46-26-10-7-22-43(46)51-47(56)34-49-52(44-23-8-11-27-48(44)57-49)53(51)45-25-14-24-42-41-21-9-12-28-50(41)58-54(42)45/h1-34H. The number of anilines is 3. The molecule has 12 rings (SSSR count). The van der Waals surface area contributed by atoms with Gasteiger partial charge in [-0.1, -0.05) is 140 Å². The molecule has 0 saturated heterocycles. The Morgan fingerprint density at radius 1 is 0.414 bits per heavy atom. The summed E-state index contributed by atoms with van der Waals surface area (Å²) < 4.78 is 11.8. The maximum atomic E-state index is 6.78. The third-order valence-corrected chi connectivity index (χ3v) is 12.8. The van der Waals surface area contributed by atoms with E-state index in [4.69, 9.17) is 4.42 Å². The molecule has 0 atom stereocenters. The van der Waals surface area contributed by atoms with Crippen molar-refractivity contribution in [3.8, 4) is 27.9 Å². The first-order valence-electron chi connectivity index (χ1n) is 19.7. The maximum Gasteiger partial charge on any atom is 0.138 e. The molecule has 272 valence electrons. The van der Waals surface area contributed by atoms with E-state index in [-0.39, 0.29) is 0 Å². The van der Waals surface area contributed by atoms with Crippen LogP contribution in [-0.4, -0.2) is 4.57 Å². The molecule has 3 aromatic heterocycles. The molecule has 12 aromatic rings. The molecule has 3 heterocycles. The molecular formula is C54H34N2OS. The first-order valence-corrected chi connectivity index (χ1v) is 20.5. The molecule has 58 heavy (non-hydrogen) atoms. The van der Waals surface area contributed by atoms with E-state index in [1.54, 1.807) is 0 Å². The number of nitrogens with zero attached hydrogens (tertiary/aromatic N) is 2. The van der Waals surface area contributed by atoms with Gasteiger partial charge in [0.1, 0.15) is 11.2 Å². The van der Waals surface area contributed by atoms with Crippen LogP contribution in [0, 0.1) is 0 Å². The fourth-order valence-corrected chi connectivity index (χ4v) is 10.3. The summed E-state index contributed by atoms with van der Waals surface area (Å²) in [5.41, 5.74) is 13.2. The van der Waals surface area contributed by atoms with Gasteiger partial charge in [-0.2, -0.15) is 0 Å². The van der Waals surface area contributed by atoms with Crippen molar-refractivity contribution >= 4 is 92.3 Å². The molecule has 0 aliphatic heterocycles. The van der Waals surface area contributed by atoms with E-state index in [1.807, 2.05) is 11.3 Å². The van der Waals surface area contributed by atoms with Crippen molar-refractivity contribution in [2.45, 2.75) is 0 Å². The van der Waals surface area contributed by atoms with E-state index in [0.29, 0.717) is 0 Å². The van der Waals surface area contributed by atoms with E-state index in [2.05, 4.69) is 216 Å². The molecule has 0 saturated carbocycles. The van der Waals surface area contributed by atoms with Crippen molar-refractivity contribution in [2.24, 2.45) is 0 Å². The highest BCUT2D eigenvalue weighted by Crippen LogP contribution is 2.50. The van der Waals surface area contributed by atoms with Gasteiger partial charge in [-0.3, -0.25) is 0 Å².